The predicted octanol–water partition coefficient (Wildman–Crippen LogP) is 4.46. The van der Waals surface area contributed by atoms with Gasteiger partial charge in [0.05, 0.1) is 4.90 Å². The van der Waals surface area contributed by atoms with Crippen molar-refractivity contribution < 1.29 is 8.42 Å². The molecule has 1 saturated carbocycles. The molecule has 2 rings (SSSR count). The van der Waals surface area contributed by atoms with E-state index in [0.29, 0.717) is 15.3 Å². The van der Waals surface area contributed by atoms with Gasteiger partial charge in [-0.2, -0.15) is 0 Å². The van der Waals surface area contributed by atoms with Crippen molar-refractivity contribution in [2.75, 3.05) is 0 Å². The maximum absolute atomic E-state index is 12.5. The summed E-state index contributed by atoms with van der Waals surface area (Å²) in [5.74, 6) is 0.641. The van der Waals surface area contributed by atoms with Gasteiger partial charge in [0, 0.05) is 15.0 Å². The molecular formula is C14H19Br2NO2S. The molecule has 112 valence electrons. The SMILES string of the molecule is CCC1CCCC(NS(=O)(=O)c2cc(Br)ccc2Br)C1. The maximum Gasteiger partial charge on any atom is 0.241 e. The molecule has 0 aromatic heterocycles. The van der Waals surface area contributed by atoms with Gasteiger partial charge in [0.25, 0.3) is 0 Å². The fourth-order valence-corrected chi connectivity index (χ4v) is 5.52. The van der Waals surface area contributed by atoms with E-state index in [1.807, 2.05) is 6.07 Å². The Hall–Kier alpha value is 0.0900. The van der Waals surface area contributed by atoms with Gasteiger partial charge in [-0.25, -0.2) is 13.1 Å². The summed E-state index contributed by atoms with van der Waals surface area (Å²) < 4.78 is 29.2. The third-order valence-electron chi connectivity index (χ3n) is 3.86. The molecule has 1 aromatic carbocycles. The fourth-order valence-electron chi connectivity index (χ4n) is 2.73. The van der Waals surface area contributed by atoms with Crippen molar-refractivity contribution in [2.24, 2.45) is 5.92 Å². The second-order valence-electron chi connectivity index (χ2n) is 5.33. The lowest BCUT2D eigenvalue weighted by atomic mass is 9.85. The summed E-state index contributed by atoms with van der Waals surface area (Å²) in [6.45, 7) is 2.17. The minimum atomic E-state index is -3.47. The standard InChI is InChI=1S/C14H19Br2NO2S/c1-2-10-4-3-5-12(8-10)17-20(18,19)14-9-11(15)6-7-13(14)16/h6-7,9-10,12,17H,2-5,8H2,1H3. The van der Waals surface area contributed by atoms with E-state index in [1.165, 1.54) is 6.42 Å². The van der Waals surface area contributed by atoms with E-state index in [2.05, 4.69) is 43.5 Å². The third kappa shape index (κ3) is 4.06. The molecule has 0 bridgehead atoms. The topological polar surface area (TPSA) is 46.2 Å². The molecule has 0 heterocycles. The lowest BCUT2D eigenvalue weighted by molar-refractivity contribution is 0.301. The van der Waals surface area contributed by atoms with Crippen molar-refractivity contribution in [3.63, 3.8) is 0 Å². The highest BCUT2D eigenvalue weighted by molar-refractivity contribution is 9.11. The van der Waals surface area contributed by atoms with Crippen LogP contribution in [-0.4, -0.2) is 14.5 Å². The quantitative estimate of drug-likeness (QED) is 0.775. The van der Waals surface area contributed by atoms with Gasteiger partial charge in [0.15, 0.2) is 0 Å². The Morgan fingerprint density at radius 3 is 2.75 bits per heavy atom. The number of hydrogen-bond donors (Lipinski definition) is 1. The normalized spacial score (nSPS) is 23.8. The van der Waals surface area contributed by atoms with Crippen LogP contribution in [0.2, 0.25) is 0 Å². The summed E-state index contributed by atoms with van der Waals surface area (Å²) in [4.78, 5) is 0.297. The highest BCUT2D eigenvalue weighted by Crippen LogP contribution is 2.30. The van der Waals surface area contributed by atoms with E-state index < -0.39 is 10.0 Å². The second kappa shape index (κ2) is 6.90. The molecule has 0 radical (unpaired) electrons. The third-order valence-corrected chi connectivity index (χ3v) is 6.87. The van der Waals surface area contributed by atoms with Crippen molar-refractivity contribution in [3.05, 3.63) is 27.1 Å². The van der Waals surface area contributed by atoms with Crippen LogP contribution in [0.15, 0.2) is 32.0 Å². The van der Waals surface area contributed by atoms with E-state index in [0.717, 1.165) is 30.2 Å². The first-order valence-electron chi connectivity index (χ1n) is 6.89. The maximum atomic E-state index is 12.5. The molecule has 6 heteroatoms. The lowest BCUT2D eigenvalue weighted by Crippen LogP contribution is -2.38. The molecule has 2 atom stereocenters. The van der Waals surface area contributed by atoms with Crippen molar-refractivity contribution in [2.45, 2.75) is 50.0 Å². The van der Waals surface area contributed by atoms with Gasteiger partial charge in [0.1, 0.15) is 0 Å². The smallest absolute Gasteiger partial charge is 0.208 e. The van der Waals surface area contributed by atoms with E-state index in [-0.39, 0.29) is 6.04 Å². The summed E-state index contributed by atoms with van der Waals surface area (Å²) in [5, 5.41) is 0. The first kappa shape index (κ1) is 16.5. The largest absolute Gasteiger partial charge is 0.241 e. The molecular weight excluding hydrogens is 406 g/mol. The van der Waals surface area contributed by atoms with E-state index >= 15 is 0 Å². The molecule has 0 spiro atoms. The van der Waals surface area contributed by atoms with E-state index in [9.17, 15) is 8.42 Å². The van der Waals surface area contributed by atoms with E-state index in [4.69, 9.17) is 0 Å². The van der Waals surface area contributed by atoms with Crippen LogP contribution in [0.1, 0.15) is 39.0 Å². The van der Waals surface area contributed by atoms with E-state index in [1.54, 1.807) is 12.1 Å². The molecule has 1 aromatic rings. The number of nitrogens with one attached hydrogen (secondary N) is 1. The van der Waals surface area contributed by atoms with Gasteiger partial charge in [-0.3, -0.25) is 0 Å². The Bertz CT molecular complexity index is 575. The minimum absolute atomic E-state index is 0.0598. The molecule has 0 saturated heterocycles. The average Bonchev–Trinajstić information content (AvgIpc) is 2.41. The lowest BCUT2D eigenvalue weighted by Gasteiger charge is -2.29. The summed E-state index contributed by atoms with van der Waals surface area (Å²) >= 11 is 6.64. The number of rotatable bonds is 4. The Balaban J connectivity index is 2.16. The van der Waals surface area contributed by atoms with Gasteiger partial charge in [-0.1, -0.05) is 42.1 Å². The summed E-state index contributed by atoms with van der Waals surface area (Å²) in [6, 6.07) is 5.25. The number of sulfonamides is 1. The summed E-state index contributed by atoms with van der Waals surface area (Å²) in [7, 11) is -3.47. The Morgan fingerprint density at radius 2 is 2.05 bits per heavy atom. The summed E-state index contributed by atoms with van der Waals surface area (Å²) in [5.41, 5.74) is 0. The van der Waals surface area contributed by atoms with Gasteiger partial charge >= 0.3 is 0 Å². The van der Waals surface area contributed by atoms with Crippen LogP contribution < -0.4 is 4.72 Å². The second-order valence-corrected chi connectivity index (χ2v) is 8.79. The number of benzene rings is 1. The summed E-state index contributed by atoms with van der Waals surface area (Å²) in [6.07, 6.45) is 5.32. The first-order chi connectivity index (χ1) is 9.42. The minimum Gasteiger partial charge on any atom is -0.208 e. The first-order valence-corrected chi connectivity index (χ1v) is 9.96. The van der Waals surface area contributed by atoms with Crippen molar-refractivity contribution >= 4 is 41.9 Å². The van der Waals surface area contributed by atoms with Crippen LogP contribution in [0.3, 0.4) is 0 Å². The Morgan fingerprint density at radius 1 is 1.30 bits per heavy atom. The molecule has 1 aliphatic rings. The fraction of sp³-hybridized carbons (Fsp3) is 0.571. The molecule has 1 N–H and O–H groups in total. The van der Waals surface area contributed by atoms with Crippen LogP contribution >= 0.6 is 31.9 Å². The van der Waals surface area contributed by atoms with Gasteiger partial charge in [-0.15, -0.1) is 0 Å². The van der Waals surface area contributed by atoms with Crippen LogP contribution in [0, 0.1) is 5.92 Å². The van der Waals surface area contributed by atoms with Crippen LogP contribution in [0.25, 0.3) is 0 Å². The van der Waals surface area contributed by atoms with Gasteiger partial charge in [0.2, 0.25) is 10.0 Å². The van der Waals surface area contributed by atoms with Crippen molar-refractivity contribution in [3.8, 4) is 0 Å². The number of hydrogen-bond acceptors (Lipinski definition) is 2. The monoisotopic (exact) mass is 423 g/mol. The average molecular weight is 425 g/mol. The van der Waals surface area contributed by atoms with Gasteiger partial charge in [-0.05, 0) is 52.9 Å². The molecule has 20 heavy (non-hydrogen) atoms. The zero-order valence-corrected chi connectivity index (χ0v) is 15.4. The molecule has 1 fully saturated rings. The molecule has 3 nitrogen and oxygen atoms in total. The Kier molecular flexibility index (Phi) is 5.68. The molecule has 0 amide bonds. The molecule has 0 aliphatic heterocycles. The predicted molar refractivity (Wildman–Crippen MR) is 88.2 cm³/mol. The zero-order chi connectivity index (χ0) is 14.8. The molecule has 2 unspecified atom stereocenters. The van der Waals surface area contributed by atoms with Crippen molar-refractivity contribution in [1.82, 2.24) is 4.72 Å². The zero-order valence-electron chi connectivity index (χ0n) is 11.4. The molecule has 1 aliphatic carbocycles. The van der Waals surface area contributed by atoms with Crippen molar-refractivity contribution in [1.29, 1.82) is 0 Å². The highest BCUT2D eigenvalue weighted by atomic mass is 79.9. The van der Waals surface area contributed by atoms with Crippen LogP contribution in [0.5, 0.6) is 0 Å². The highest BCUT2D eigenvalue weighted by Gasteiger charge is 2.26. The Labute approximate surface area is 137 Å². The van der Waals surface area contributed by atoms with Crippen LogP contribution in [0.4, 0.5) is 0 Å². The van der Waals surface area contributed by atoms with Gasteiger partial charge < -0.3 is 0 Å². The number of halogens is 2. The van der Waals surface area contributed by atoms with Crippen LogP contribution in [-0.2, 0) is 10.0 Å².